The standard InChI is InChI=1S/C35H27FN4O2S/c1-20-8-5-11-23-25(19-37-31(20)23)27-13-7-14-28(38-27)35(42)40-17-16-22-18-30(43-33(22)24-10-3-4-15-29(24)40)34(41)39-32-21(2)9-6-12-26(32)36/h3-15,18-19,37H,16-17H2,1-2H3,(H,39,41). The van der Waals surface area contributed by atoms with Crippen LogP contribution >= 0.6 is 11.3 Å². The van der Waals surface area contributed by atoms with Gasteiger partial charge in [-0.2, -0.15) is 0 Å². The molecule has 4 heterocycles. The first-order chi connectivity index (χ1) is 20.9. The normalized spacial score (nSPS) is 12.5. The Bertz CT molecular complexity index is 2040. The Morgan fingerprint density at radius 1 is 0.930 bits per heavy atom. The first-order valence-corrected chi connectivity index (χ1v) is 14.9. The highest BCUT2D eigenvalue weighted by Gasteiger charge is 2.28. The zero-order valence-electron chi connectivity index (χ0n) is 23.6. The molecule has 212 valence electrons. The molecule has 6 aromatic rings. The lowest BCUT2D eigenvalue weighted by atomic mass is 10.1. The molecular formula is C35H27FN4O2S. The molecule has 0 unspecified atom stereocenters. The number of aryl methyl sites for hydroxylation is 2. The van der Waals surface area contributed by atoms with Crippen LogP contribution in [0.2, 0.25) is 0 Å². The summed E-state index contributed by atoms with van der Waals surface area (Å²) in [5.41, 5.74) is 7.69. The molecule has 1 aliphatic heterocycles. The van der Waals surface area contributed by atoms with E-state index in [1.807, 2.05) is 54.7 Å². The molecule has 0 radical (unpaired) electrons. The van der Waals surface area contributed by atoms with Gasteiger partial charge in [-0.25, -0.2) is 9.37 Å². The van der Waals surface area contributed by atoms with E-state index in [9.17, 15) is 14.0 Å². The molecule has 0 aliphatic carbocycles. The van der Waals surface area contributed by atoms with Crippen molar-refractivity contribution in [3.05, 3.63) is 124 Å². The maximum Gasteiger partial charge on any atom is 0.276 e. The number of H-pyrrole nitrogens is 1. The molecule has 0 bridgehead atoms. The number of carbonyl (C=O) groups is 2. The molecule has 0 fully saturated rings. The van der Waals surface area contributed by atoms with Crippen LogP contribution in [0.15, 0.2) is 91.1 Å². The third kappa shape index (κ3) is 4.70. The van der Waals surface area contributed by atoms with Gasteiger partial charge >= 0.3 is 0 Å². The lowest BCUT2D eigenvalue weighted by Gasteiger charge is -2.23. The summed E-state index contributed by atoms with van der Waals surface area (Å²) in [5.74, 6) is -1.01. The number of hydrogen-bond acceptors (Lipinski definition) is 4. The van der Waals surface area contributed by atoms with E-state index in [1.165, 1.54) is 17.4 Å². The number of nitrogens with zero attached hydrogens (tertiary/aromatic N) is 2. The highest BCUT2D eigenvalue weighted by Crippen LogP contribution is 2.42. The van der Waals surface area contributed by atoms with Gasteiger partial charge in [0.05, 0.1) is 21.9 Å². The van der Waals surface area contributed by atoms with E-state index in [0.29, 0.717) is 29.1 Å². The summed E-state index contributed by atoms with van der Waals surface area (Å²) in [6, 6.07) is 26.0. The van der Waals surface area contributed by atoms with Gasteiger partial charge in [0.1, 0.15) is 11.5 Å². The molecule has 2 amide bonds. The summed E-state index contributed by atoms with van der Waals surface area (Å²) in [7, 11) is 0. The van der Waals surface area contributed by atoms with E-state index < -0.39 is 5.82 Å². The first-order valence-electron chi connectivity index (χ1n) is 14.0. The number of benzene rings is 3. The van der Waals surface area contributed by atoms with Gasteiger partial charge in [0.25, 0.3) is 11.8 Å². The lowest BCUT2D eigenvalue weighted by molar-refractivity contribution is 0.0981. The minimum atomic E-state index is -0.469. The Kier molecular flexibility index (Phi) is 6.63. The van der Waals surface area contributed by atoms with Gasteiger partial charge < -0.3 is 15.2 Å². The predicted molar refractivity (Wildman–Crippen MR) is 170 cm³/mol. The maximum absolute atomic E-state index is 14.4. The van der Waals surface area contributed by atoms with Gasteiger partial charge in [0.15, 0.2) is 0 Å². The average molecular weight is 587 g/mol. The van der Waals surface area contributed by atoms with E-state index in [4.69, 9.17) is 4.98 Å². The topological polar surface area (TPSA) is 78.1 Å². The van der Waals surface area contributed by atoms with E-state index >= 15 is 0 Å². The fourth-order valence-electron chi connectivity index (χ4n) is 5.74. The molecule has 3 aromatic heterocycles. The highest BCUT2D eigenvalue weighted by molar-refractivity contribution is 7.17. The summed E-state index contributed by atoms with van der Waals surface area (Å²) < 4.78 is 14.4. The van der Waals surface area contributed by atoms with E-state index in [-0.39, 0.29) is 17.5 Å². The molecule has 0 saturated heterocycles. The van der Waals surface area contributed by atoms with Crippen LogP contribution < -0.4 is 10.2 Å². The zero-order valence-corrected chi connectivity index (χ0v) is 24.4. The lowest BCUT2D eigenvalue weighted by Crippen LogP contribution is -2.33. The Morgan fingerprint density at radius 3 is 2.58 bits per heavy atom. The third-order valence-corrected chi connectivity index (χ3v) is 9.16. The van der Waals surface area contributed by atoms with Crippen LogP contribution in [-0.4, -0.2) is 28.3 Å². The number of nitrogens with one attached hydrogen (secondary N) is 2. The number of hydrogen-bond donors (Lipinski definition) is 2. The van der Waals surface area contributed by atoms with Crippen molar-refractivity contribution < 1.29 is 14.0 Å². The fraction of sp³-hybridized carbons (Fsp3) is 0.114. The van der Waals surface area contributed by atoms with Crippen molar-refractivity contribution >= 4 is 45.4 Å². The highest BCUT2D eigenvalue weighted by atomic mass is 32.1. The van der Waals surface area contributed by atoms with Gasteiger partial charge in [0, 0.05) is 39.6 Å². The number of amides is 2. The molecule has 7 rings (SSSR count). The number of anilines is 2. The van der Waals surface area contributed by atoms with Crippen molar-refractivity contribution in [2.24, 2.45) is 0 Å². The smallest absolute Gasteiger partial charge is 0.276 e. The van der Waals surface area contributed by atoms with Crippen LogP contribution in [0.5, 0.6) is 0 Å². The fourth-order valence-corrected chi connectivity index (χ4v) is 6.88. The first kappa shape index (κ1) is 26.8. The number of fused-ring (bicyclic) bond motifs is 4. The Balaban J connectivity index is 1.21. The average Bonchev–Trinajstić information content (AvgIpc) is 3.62. The SMILES string of the molecule is Cc1cccc(F)c1NC(=O)c1cc2c(s1)-c1ccccc1N(C(=O)c1cccc(-c3c[nH]c4c(C)cccc34)n1)CC2. The largest absolute Gasteiger partial charge is 0.360 e. The van der Waals surface area contributed by atoms with E-state index in [1.54, 1.807) is 30.0 Å². The van der Waals surface area contributed by atoms with Crippen LogP contribution in [0.4, 0.5) is 15.8 Å². The van der Waals surface area contributed by atoms with Crippen LogP contribution in [0.25, 0.3) is 32.6 Å². The molecule has 3 aromatic carbocycles. The van der Waals surface area contributed by atoms with Gasteiger partial charge in [0.2, 0.25) is 0 Å². The molecule has 0 atom stereocenters. The van der Waals surface area contributed by atoms with E-state index in [0.717, 1.165) is 49.4 Å². The predicted octanol–water partition coefficient (Wildman–Crippen LogP) is 8.17. The van der Waals surface area contributed by atoms with Crippen molar-refractivity contribution in [2.45, 2.75) is 20.3 Å². The minimum Gasteiger partial charge on any atom is -0.360 e. The Labute approximate surface area is 251 Å². The number of para-hydroxylation sites is 3. The molecule has 6 nitrogen and oxygen atoms in total. The Morgan fingerprint density at radius 2 is 1.72 bits per heavy atom. The second-order valence-corrected chi connectivity index (χ2v) is 11.7. The number of carbonyl (C=O) groups excluding carboxylic acids is 2. The van der Waals surface area contributed by atoms with Crippen LogP contribution in [-0.2, 0) is 6.42 Å². The third-order valence-electron chi connectivity index (χ3n) is 7.95. The molecule has 8 heteroatoms. The van der Waals surface area contributed by atoms with Crippen molar-refractivity contribution in [2.75, 3.05) is 16.8 Å². The molecular weight excluding hydrogens is 559 g/mol. The number of aromatic nitrogens is 2. The van der Waals surface area contributed by atoms with Gasteiger partial charge in [-0.05, 0) is 67.3 Å². The summed E-state index contributed by atoms with van der Waals surface area (Å²) in [5, 5.41) is 3.81. The molecule has 0 spiro atoms. The van der Waals surface area contributed by atoms with Gasteiger partial charge in [-0.3, -0.25) is 9.59 Å². The molecule has 2 N–H and O–H groups in total. The number of pyridine rings is 1. The van der Waals surface area contributed by atoms with Crippen LogP contribution in [0, 0.1) is 19.7 Å². The van der Waals surface area contributed by atoms with Crippen LogP contribution in [0.1, 0.15) is 36.9 Å². The summed E-state index contributed by atoms with van der Waals surface area (Å²) in [6.45, 7) is 4.24. The summed E-state index contributed by atoms with van der Waals surface area (Å²) in [6.07, 6.45) is 2.49. The minimum absolute atomic E-state index is 0.186. The van der Waals surface area contributed by atoms with Crippen LogP contribution in [0.3, 0.4) is 0 Å². The number of rotatable bonds is 4. The van der Waals surface area contributed by atoms with Gasteiger partial charge in [-0.1, -0.05) is 54.6 Å². The zero-order chi connectivity index (χ0) is 29.7. The monoisotopic (exact) mass is 586 g/mol. The molecule has 0 saturated carbocycles. The second kappa shape index (κ2) is 10.6. The number of thiophene rings is 1. The quantitative estimate of drug-likeness (QED) is 0.219. The number of halogens is 1. The van der Waals surface area contributed by atoms with Gasteiger partial charge in [-0.15, -0.1) is 11.3 Å². The van der Waals surface area contributed by atoms with E-state index in [2.05, 4.69) is 29.4 Å². The summed E-state index contributed by atoms with van der Waals surface area (Å²) in [4.78, 5) is 38.6. The Hall–Kier alpha value is -5.08. The van der Waals surface area contributed by atoms with Crippen molar-refractivity contribution in [3.63, 3.8) is 0 Å². The van der Waals surface area contributed by atoms with Crippen molar-refractivity contribution in [1.29, 1.82) is 0 Å². The maximum atomic E-state index is 14.4. The van der Waals surface area contributed by atoms with Crippen molar-refractivity contribution in [3.8, 4) is 21.7 Å². The number of aromatic amines is 1. The molecule has 1 aliphatic rings. The molecule has 43 heavy (non-hydrogen) atoms. The summed E-state index contributed by atoms with van der Waals surface area (Å²) >= 11 is 1.35. The van der Waals surface area contributed by atoms with Crippen molar-refractivity contribution in [1.82, 2.24) is 9.97 Å². The second-order valence-electron chi connectivity index (χ2n) is 10.7.